The van der Waals surface area contributed by atoms with Gasteiger partial charge in [-0.2, -0.15) is 0 Å². The third-order valence-electron chi connectivity index (χ3n) is 4.05. The quantitative estimate of drug-likeness (QED) is 0.877. The number of halogens is 1. The molecule has 0 heterocycles. The molecule has 2 atom stereocenters. The van der Waals surface area contributed by atoms with Gasteiger partial charge in [-0.05, 0) is 47.9 Å². The zero-order chi connectivity index (χ0) is 13.4. The molecule has 2 aromatic rings. The Morgan fingerprint density at radius 3 is 2.79 bits per heavy atom. The topological polar surface area (TPSA) is 20.2 Å². The predicted molar refractivity (Wildman–Crippen MR) is 78.7 cm³/mol. The first kappa shape index (κ1) is 12.7. The molecule has 0 fully saturated rings. The Morgan fingerprint density at radius 1 is 1.21 bits per heavy atom. The van der Waals surface area contributed by atoms with E-state index in [-0.39, 0.29) is 0 Å². The molecule has 0 saturated carbocycles. The van der Waals surface area contributed by atoms with Gasteiger partial charge in [-0.25, -0.2) is 0 Å². The van der Waals surface area contributed by atoms with Gasteiger partial charge in [-0.3, -0.25) is 0 Å². The molecule has 1 nitrogen and oxygen atoms in total. The summed E-state index contributed by atoms with van der Waals surface area (Å²) in [5.74, 6) is 0.461. The van der Waals surface area contributed by atoms with Crippen LogP contribution in [-0.4, -0.2) is 5.11 Å². The van der Waals surface area contributed by atoms with Crippen molar-refractivity contribution in [1.82, 2.24) is 0 Å². The maximum atomic E-state index is 10.4. The molecule has 2 aromatic carbocycles. The van der Waals surface area contributed by atoms with Crippen molar-refractivity contribution in [2.45, 2.75) is 31.8 Å². The van der Waals surface area contributed by atoms with Crippen molar-refractivity contribution >= 4 is 11.6 Å². The molecule has 1 N–H and O–H groups in total. The van der Waals surface area contributed by atoms with Crippen LogP contribution in [0.3, 0.4) is 0 Å². The van der Waals surface area contributed by atoms with Crippen LogP contribution in [0.4, 0.5) is 0 Å². The van der Waals surface area contributed by atoms with Gasteiger partial charge in [0.2, 0.25) is 0 Å². The van der Waals surface area contributed by atoms with Crippen molar-refractivity contribution in [2.24, 2.45) is 0 Å². The molecule has 98 valence electrons. The average molecular weight is 273 g/mol. The summed E-state index contributed by atoms with van der Waals surface area (Å²) in [6, 6.07) is 14.3. The van der Waals surface area contributed by atoms with E-state index in [0.29, 0.717) is 10.9 Å². The second-order valence-corrected chi connectivity index (χ2v) is 5.71. The molecule has 0 spiro atoms. The minimum absolute atomic E-state index is 0.461. The van der Waals surface area contributed by atoms with E-state index >= 15 is 0 Å². The summed E-state index contributed by atoms with van der Waals surface area (Å²) in [7, 11) is 0. The van der Waals surface area contributed by atoms with Gasteiger partial charge in [0.05, 0.1) is 6.10 Å². The zero-order valence-corrected chi connectivity index (χ0v) is 11.7. The Labute approximate surface area is 118 Å². The molecular weight excluding hydrogens is 256 g/mol. The summed E-state index contributed by atoms with van der Waals surface area (Å²) in [6.45, 7) is 1.97. The highest BCUT2D eigenvalue weighted by Gasteiger charge is 2.28. The van der Waals surface area contributed by atoms with Gasteiger partial charge in [0.15, 0.2) is 0 Å². The Kier molecular flexibility index (Phi) is 3.34. The van der Waals surface area contributed by atoms with Crippen LogP contribution in [0.1, 0.15) is 40.7 Å². The highest BCUT2D eigenvalue weighted by atomic mass is 35.5. The molecule has 3 rings (SSSR count). The first-order valence-electron chi connectivity index (χ1n) is 6.67. The molecule has 2 unspecified atom stereocenters. The molecule has 19 heavy (non-hydrogen) atoms. The Hall–Kier alpha value is -1.31. The van der Waals surface area contributed by atoms with Crippen LogP contribution in [0, 0.1) is 6.92 Å². The standard InChI is InChI=1S/C17H17ClO/c1-11-5-4-8-15(17(11)18)16(19)10-13-9-12-6-2-3-7-14(12)13/h2-8,13,16,19H,9-10H2,1H3. The van der Waals surface area contributed by atoms with Gasteiger partial charge in [0.25, 0.3) is 0 Å². The summed E-state index contributed by atoms with van der Waals surface area (Å²) in [5, 5.41) is 11.1. The average Bonchev–Trinajstić information content (AvgIpc) is 2.39. The van der Waals surface area contributed by atoms with Crippen LogP contribution in [-0.2, 0) is 6.42 Å². The number of fused-ring (bicyclic) bond motifs is 1. The zero-order valence-electron chi connectivity index (χ0n) is 10.9. The van der Waals surface area contributed by atoms with Gasteiger partial charge in [0, 0.05) is 5.02 Å². The lowest BCUT2D eigenvalue weighted by molar-refractivity contribution is 0.153. The van der Waals surface area contributed by atoms with E-state index in [0.717, 1.165) is 24.0 Å². The molecule has 0 radical (unpaired) electrons. The molecule has 1 aliphatic rings. The lowest BCUT2D eigenvalue weighted by Gasteiger charge is -2.32. The first-order chi connectivity index (χ1) is 9.16. The fourth-order valence-electron chi connectivity index (χ4n) is 2.90. The van der Waals surface area contributed by atoms with Crippen LogP contribution >= 0.6 is 11.6 Å². The van der Waals surface area contributed by atoms with E-state index in [1.807, 2.05) is 25.1 Å². The van der Waals surface area contributed by atoms with Crippen molar-refractivity contribution in [3.05, 3.63) is 69.7 Å². The first-order valence-corrected chi connectivity index (χ1v) is 7.05. The van der Waals surface area contributed by atoms with Crippen LogP contribution < -0.4 is 0 Å². The fraction of sp³-hybridized carbons (Fsp3) is 0.294. The maximum Gasteiger partial charge on any atom is 0.0810 e. The molecule has 0 aromatic heterocycles. The molecular formula is C17H17ClO. The van der Waals surface area contributed by atoms with Gasteiger partial charge in [-0.1, -0.05) is 54.1 Å². The number of aliphatic hydroxyl groups is 1. The summed E-state index contributed by atoms with van der Waals surface area (Å²) >= 11 is 6.27. The summed E-state index contributed by atoms with van der Waals surface area (Å²) < 4.78 is 0. The minimum Gasteiger partial charge on any atom is -0.388 e. The maximum absolute atomic E-state index is 10.4. The number of hydrogen-bond donors (Lipinski definition) is 1. The Balaban J connectivity index is 1.77. The lowest BCUT2D eigenvalue weighted by Crippen LogP contribution is -2.19. The van der Waals surface area contributed by atoms with E-state index < -0.39 is 6.10 Å². The van der Waals surface area contributed by atoms with Crippen LogP contribution in [0.2, 0.25) is 5.02 Å². The number of rotatable bonds is 3. The number of benzene rings is 2. The second-order valence-electron chi connectivity index (χ2n) is 5.33. The molecule has 0 bridgehead atoms. The number of aryl methyl sites for hydroxylation is 1. The smallest absolute Gasteiger partial charge is 0.0810 e. The summed E-state index contributed by atoms with van der Waals surface area (Å²) in [6.07, 6.45) is 1.34. The number of aliphatic hydroxyl groups excluding tert-OH is 1. The van der Waals surface area contributed by atoms with Crippen molar-refractivity contribution in [1.29, 1.82) is 0 Å². The van der Waals surface area contributed by atoms with E-state index in [1.165, 1.54) is 11.1 Å². The Bertz CT molecular complexity index is 606. The van der Waals surface area contributed by atoms with Gasteiger partial charge in [-0.15, -0.1) is 0 Å². The minimum atomic E-state index is -0.481. The lowest BCUT2D eigenvalue weighted by atomic mass is 9.74. The summed E-state index contributed by atoms with van der Waals surface area (Å²) in [5.41, 5.74) is 4.67. The van der Waals surface area contributed by atoms with Crippen LogP contribution in [0.15, 0.2) is 42.5 Å². The van der Waals surface area contributed by atoms with E-state index in [9.17, 15) is 5.11 Å². The third-order valence-corrected chi connectivity index (χ3v) is 4.57. The predicted octanol–water partition coefficient (Wildman–Crippen LogP) is 4.41. The largest absolute Gasteiger partial charge is 0.388 e. The third kappa shape index (κ3) is 2.29. The van der Waals surface area contributed by atoms with Crippen molar-refractivity contribution in [3.63, 3.8) is 0 Å². The molecule has 0 amide bonds. The highest BCUT2D eigenvalue weighted by Crippen LogP contribution is 2.41. The van der Waals surface area contributed by atoms with E-state index in [4.69, 9.17) is 11.6 Å². The van der Waals surface area contributed by atoms with Crippen molar-refractivity contribution in [3.8, 4) is 0 Å². The van der Waals surface area contributed by atoms with Gasteiger partial charge in [0.1, 0.15) is 0 Å². The normalized spacial score (nSPS) is 18.6. The monoisotopic (exact) mass is 272 g/mol. The van der Waals surface area contributed by atoms with Crippen molar-refractivity contribution < 1.29 is 5.11 Å². The fourth-order valence-corrected chi connectivity index (χ4v) is 3.15. The van der Waals surface area contributed by atoms with Gasteiger partial charge < -0.3 is 5.11 Å². The molecule has 0 aliphatic heterocycles. The molecule has 1 aliphatic carbocycles. The van der Waals surface area contributed by atoms with Crippen LogP contribution in [0.5, 0.6) is 0 Å². The van der Waals surface area contributed by atoms with Gasteiger partial charge >= 0.3 is 0 Å². The van der Waals surface area contributed by atoms with Crippen molar-refractivity contribution in [2.75, 3.05) is 0 Å². The molecule has 0 saturated heterocycles. The van der Waals surface area contributed by atoms with E-state index in [2.05, 4.69) is 24.3 Å². The van der Waals surface area contributed by atoms with E-state index in [1.54, 1.807) is 0 Å². The summed E-state index contributed by atoms with van der Waals surface area (Å²) in [4.78, 5) is 0. The van der Waals surface area contributed by atoms with Crippen LogP contribution in [0.25, 0.3) is 0 Å². The number of hydrogen-bond acceptors (Lipinski definition) is 1. The second kappa shape index (κ2) is 4.99. The SMILES string of the molecule is Cc1cccc(C(O)CC2Cc3ccccc32)c1Cl. The Morgan fingerprint density at radius 2 is 2.00 bits per heavy atom. The highest BCUT2D eigenvalue weighted by molar-refractivity contribution is 6.32. The molecule has 2 heteroatoms.